The zero-order valence-corrected chi connectivity index (χ0v) is 20.1. The number of rotatable bonds is 7. The standard InChI is InChI=1S/C28H34N4O/c1-20(2)9-10-27-21(3)32(22(4)33-27)19-24-7-6-8-26(16-24)28-29-17-25(18-30-28)15-23-11-13-31(5)14-12-23/h6-10,16-18,23H,1,4,11-15,19H2,2-3,5H3/b10-9-. The lowest BCUT2D eigenvalue weighted by molar-refractivity contribution is 0.219. The van der Waals surface area contributed by atoms with E-state index in [1.54, 1.807) is 0 Å². The smallest absolute Gasteiger partial charge is 0.193 e. The maximum absolute atomic E-state index is 5.86. The molecular formula is C28H34N4O. The van der Waals surface area contributed by atoms with Crippen LogP contribution in [-0.2, 0) is 17.7 Å². The monoisotopic (exact) mass is 442 g/mol. The van der Waals surface area contributed by atoms with E-state index in [2.05, 4.69) is 64.2 Å². The third-order valence-electron chi connectivity index (χ3n) is 6.40. The van der Waals surface area contributed by atoms with Gasteiger partial charge in [0.2, 0.25) is 0 Å². The van der Waals surface area contributed by atoms with Crippen molar-refractivity contribution in [2.45, 2.75) is 39.7 Å². The Hall–Kier alpha value is -3.18. The number of hydrogen-bond acceptors (Lipinski definition) is 5. The van der Waals surface area contributed by atoms with Crippen LogP contribution in [0.1, 0.15) is 37.8 Å². The number of aromatic nitrogens is 2. The number of ether oxygens (including phenoxy) is 1. The number of hydrogen-bond donors (Lipinski definition) is 0. The Labute approximate surface area is 197 Å². The van der Waals surface area contributed by atoms with E-state index >= 15 is 0 Å². The van der Waals surface area contributed by atoms with Crippen molar-refractivity contribution < 1.29 is 4.74 Å². The molecule has 1 aromatic carbocycles. The quantitative estimate of drug-likeness (QED) is 0.515. The first-order valence-electron chi connectivity index (χ1n) is 11.7. The van der Waals surface area contributed by atoms with Crippen LogP contribution in [0.15, 0.2) is 84.9 Å². The molecule has 0 N–H and O–H groups in total. The van der Waals surface area contributed by atoms with Crippen LogP contribution in [0.4, 0.5) is 0 Å². The van der Waals surface area contributed by atoms with Crippen molar-refractivity contribution in [2.75, 3.05) is 20.1 Å². The van der Waals surface area contributed by atoms with Crippen molar-refractivity contribution in [3.63, 3.8) is 0 Å². The molecule has 0 saturated carbocycles. The molecule has 1 aromatic heterocycles. The fourth-order valence-corrected chi connectivity index (χ4v) is 4.36. The zero-order valence-electron chi connectivity index (χ0n) is 20.1. The van der Waals surface area contributed by atoms with E-state index in [1.807, 2.05) is 38.4 Å². The summed E-state index contributed by atoms with van der Waals surface area (Å²) >= 11 is 0. The summed E-state index contributed by atoms with van der Waals surface area (Å²) < 4.78 is 5.86. The van der Waals surface area contributed by atoms with Crippen molar-refractivity contribution in [3.8, 4) is 11.4 Å². The van der Waals surface area contributed by atoms with Crippen LogP contribution in [0.25, 0.3) is 11.4 Å². The van der Waals surface area contributed by atoms with Crippen LogP contribution >= 0.6 is 0 Å². The minimum atomic E-state index is 0.633. The lowest BCUT2D eigenvalue weighted by Gasteiger charge is -2.28. The number of nitrogens with zero attached hydrogens (tertiary/aromatic N) is 4. The molecule has 1 fully saturated rings. The van der Waals surface area contributed by atoms with Gasteiger partial charge in [-0.25, -0.2) is 9.97 Å². The van der Waals surface area contributed by atoms with Gasteiger partial charge in [0.1, 0.15) is 5.76 Å². The van der Waals surface area contributed by atoms with Gasteiger partial charge in [-0.2, -0.15) is 0 Å². The minimum Gasteiger partial charge on any atom is -0.440 e. The van der Waals surface area contributed by atoms with E-state index in [0.29, 0.717) is 12.4 Å². The molecule has 2 aromatic rings. The average molecular weight is 443 g/mol. The van der Waals surface area contributed by atoms with E-state index in [4.69, 9.17) is 4.74 Å². The van der Waals surface area contributed by atoms with Crippen molar-refractivity contribution >= 4 is 0 Å². The van der Waals surface area contributed by atoms with Crippen LogP contribution in [0.3, 0.4) is 0 Å². The fraction of sp³-hybridized carbons (Fsp3) is 0.357. The van der Waals surface area contributed by atoms with Crippen LogP contribution in [0.5, 0.6) is 0 Å². The third kappa shape index (κ3) is 5.79. The molecule has 4 rings (SSSR count). The van der Waals surface area contributed by atoms with E-state index in [9.17, 15) is 0 Å². The topological polar surface area (TPSA) is 41.5 Å². The molecule has 0 unspecified atom stereocenters. The van der Waals surface area contributed by atoms with Crippen LogP contribution < -0.4 is 0 Å². The first kappa shape index (κ1) is 23.0. The molecule has 5 nitrogen and oxygen atoms in total. The Balaban J connectivity index is 1.43. The summed E-state index contributed by atoms with van der Waals surface area (Å²) in [6.45, 7) is 15.0. The molecule has 0 spiro atoms. The van der Waals surface area contributed by atoms with Crippen molar-refractivity contribution in [1.29, 1.82) is 0 Å². The molecule has 0 bridgehead atoms. The second kappa shape index (κ2) is 10.2. The van der Waals surface area contributed by atoms with Crippen LogP contribution in [0.2, 0.25) is 0 Å². The summed E-state index contributed by atoms with van der Waals surface area (Å²) in [5.41, 5.74) is 5.42. The van der Waals surface area contributed by atoms with Gasteiger partial charge < -0.3 is 14.5 Å². The lowest BCUT2D eigenvalue weighted by atomic mass is 9.91. The number of piperidine rings is 1. The van der Waals surface area contributed by atoms with Gasteiger partial charge in [0.15, 0.2) is 11.7 Å². The summed E-state index contributed by atoms with van der Waals surface area (Å²) in [5, 5.41) is 0. The largest absolute Gasteiger partial charge is 0.440 e. The highest BCUT2D eigenvalue weighted by Gasteiger charge is 2.23. The van der Waals surface area contributed by atoms with E-state index in [1.165, 1.54) is 31.5 Å². The third-order valence-corrected chi connectivity index (χ3v) is 6.40. The van der Waals surface area contributed by atoms with Gasteiger partial charge >= 0.3 is 0 Å². The van der Waals surface area contributed by atoms with E-state index < -0.39 is 0 Å². The number of allylic oxidation sites excluding steroid dienone is 4. The molecule has 1 saturated heterocycles. The van der Waals surface area contributed by atoms with Gasteiger partial charge in [-0.1, -0.05) is 36.4 Å². The van der Waals surface area contributed by atoms with Gasteiger partial charge in [-0.05, 0) is 89.0 Å². The van der Waals surface area contributed by atoms with Gasteiger partial charge in [0.05, 0.1) is 12.2 Å². The predicted octanol–water partition coefficient (Wildman–Crippen LogP) is 5.70. The van der Waals surface area contributed by atoms with Crippen molar-refractivity contribution in [1.82, 2.24) is 19.8 Å². The van der Waals surface area contributed by atoms with Gasteiger partial charge in [-0.15, -0.1) is 0 Å². The summed E-state index contributed by atoms with van der Waals surface area (Å²) in [5.74, 6) is 2.94. The number of benzene rings is 1. The second-order valence-electron chi connectivity index (χ2n) is 9.28. The molecule has 33 heavy (non-hydrogen) atoms. The summed E-state index contributed by atoms with van der Waals surface area (Å²) in [4.78, 5) is 13.9. The molecule has 0 radical (unpaired) electrons. The van der Waals surface area contributed by atoms with Crippen molar-refractivity contribution in [3.05, 3.63) is 96.0 Å². The maximum atomic E-state index is 5.86. The molecule has 0 atom stereocenters. The molecule has 0 aliphatic carbocycles. The second-order valence-corrected chi connectivity index (χ2v) is 9.28. The fourth-order valence-electron chi connectivity index (χ4n) is 4.36. The maximum Gasteiger partial charge on any atom is 0.193 e. The SMILES string of the molecule is C=C(C)/C=C\C1=C(C)N(Cc2cccc(-c3ncc(CC4CCN(C)CC4)cn3)c2)C(=C)O1. The Kier molecular flexibility index (Phi) is 7.09. The van der Waals surface area contributed by atoms with E-state index in [-0.39, 0.29) is 0 Å². The molecule has 172 valence electrons. The zero-order chi connectivity index (χ0) is 23.4. The predicted molar refractivity (Wildman–Crippen MR) is 134 cm³/mol. The molecule has 2 aliphatic heterocycles. The van der Waals surface area contributed by atoms with Crippen LogP contribution in [0, 0.1) is 5.92 Å². The highest BCUT2D eigenvalue weighted by atomic mass is 16.5. The summed E-state index contributed by atoms with van der Waals surface area (Å²) in [6.07, 6.45) is 11.5. The lowest BCUT2D eigenvalue weighted by Crippen LogP contribution is -2.30. The van der Waals surface area contributed by atoms with Crippen molar-refractivity contribution in [2.24, 2.45) is 5.92 Å². The Morgan fingerprint density at radius 1 is 1.18 bits per heavy atom. The van der Waals surface area contributed by atoms with Crippen LogP contribution in [-0.4, -0.2) is 39.9 Å². The molecule has 0 amide bonds. The highest BCUT2D eigenvalue weighted by Crippen LogP contribution is 2.31. The first-order valence-corrected chi connectivity index (χ1v) is 11.7. The molecule has 5 heteroatoms. The Morgan fingerprint density at radius 2 is 1.91 bits per heavy atom. The average Bonchev–Trinajstić information content (AvgIpc) is 3.07. The first-order chi connectivity index (χ1) is 15.9. The molecular weight excluding hydrogens is 408 g/mol. The van der Waals surface area contributed by atoms with Gasteiger partial charge in [0.25, 0.3) is 0 Å². The summed E-state index contributed by atoms with van der Waals surface area (Å²) in [7, 11) is 2.20. The Bertz CT molecular complexity index is 1080. The summed E-state index contributed by atoms with van der Waals surface area (Å²) in [6, 6.07) is 8.38. The Morgan fingerprint density at radius 3 is 2.61 bits per heavy atom. The normalized spacial score (nSPS) is 17.8. The molecule has 2 aliphatic rings. The van der Waals surface area contributed by atoms with E-state index in [0.717, 1.165) is 46.3 Å². The highest BCUT2D eigenvalue weighted by molar-refractivity contribution is 5.56. The number of likely N-dealkylation sites (tertiary alicyclic amines) is 1. The van der Waals surface area contributed by atoms with Gasteiger partial charge in [0, 0.05) is 18.0 Å². The van der Waals surface area contributed by atoms with Gasteiger partial charge in [-0.3, -0.25) is 0 Å². The molecule has 3 heterocycles. The minimum absolute atomic E-state index is 0.633.